The quantitative estimate of drug-likeness (QED) is 0.839. The first-order valence-corrected chi connectivity index (χ1v) is 6.82. The minimum atomic E-state index is -3.57. The van der Waals surface area contributed by atoms with Crippen molar-refractivity contribution in [1.82, 2.24) is 4.72 Å². The van der Waals surface area contributed by atoms with Crippen LogP contribution >= 0.6 is 15.9 Å². The summed E-state index contributed by atoms with van der Waals surface area (Å²) in [6.45, 7) is 0.438. The highest BCUT2D eigenvalue weighted by molar-refractivity contribution is 9.10. The van der Waals surface area contributed by atoms with E-state index in [0.29, 0.717) is 10.2 Å². The van der Waals surface area contributed by atoms with Crippen molar-refractivity contribution in [1.29, 1.82) is 0 Å². The number of ether oxygens (including phenoxy) is 1. The lowest BCUT2D eigenvalue weighted by Gasteiger charge is -2.10. The average molecular weight is 309 g/mol. The Morgan fingerprint density at radius 2 is 2.19 bits per heavy atom. The number of benzene rings is 1. The predicted molar refractivity (Wildman–Crippen MR) is 64.9 cm³/mol. The van der Waals surface area contributed by atoms with E-state index in [2.05, 4.69) is 20.7 Å². The molecule has 0 aromatic heterocycles. The summed E-state index contributed by atoms with van der Waals surface area (Å²) in [5, 5.41) is 0. The minimum Gasteiger partial charge on any atom is -0.495 e. The fraction of sp³-hybridized carbons (Fsp3) is 0.333. The molecule has 7 heteroatoms. The molecule has 1 aromatic carbocycles. The molecule has 1 aromatic rings. The van der Waals surface area contributed by atoms with Crippen LogP contribution in [0.1, 0.15) is 0 Å². The molecule has 5 nitrogen and oxygen atoms in total. The Hall–Kier alpha value is -0.630. The monoisotopic (exact) mass is 308 g/mol. The first-order chi connectivity index (χ1) is 7.51. The van der Waals surface area contributed by atoms with E-state index < -0.39 is 10.0 Å². The Morgan fingerprint density at radius 3 is 2.75 bits per heavy atom. The second-order valence-corrected chi connectivity index (χ2v) is 5.63. The second kappa shape index (κ2) is 5.62. The van der Waals surface area contributed by atoms with Crippen LogP contribution in [0.4, 0.5) is 0 Å². The highest BCUT2D eigenvalue weighted by Crippen LogP contribution is 2.26. The van der Waals surface area contributed by atoms with Crippen molar-refractivity contribution in [2.45, 2.75) is 4.90 Å². The molecule has 0 saturated carbocycles. The number of methoxy groups -OCH3 is 1. The molecule has 0 aliphatic carbocycles. The van der Waals surface area contributed by atoms with Crippen LogP contribution < -0.4 is 15.2 Å². The van der Waals surface area contributed by atoms with E-state index in [1.807, 2.05) is 0 Å². The third-order valence-electron chi connectivity index (χ3n) is 1.85. The molecule has 0 aliphatic heterocycles. The predicted octanol–water partition coefficient (Wildman–Crippen LogP) is 0.695. The molecular formula is C9H13BrN2O3S. The Labute approximate surface area is 103 Å². The topological polar surface area (TPSA) is 81.4 Å². The van der Waals surface area contributed by atoms with Gasteiger partial charge in [0.1, 0.15) is 10.6 Å². The second-order valence-electron chi connectivity index (χ2n) is 2.98. The molecule has 0 atom stereocenters. The van der Waals surface area contributed by atoms with Crippen molar-refractivity contribution < 1.29 is 13.2 Å². The molecule has 0 spiro atoms. The molecule has 0 unspecified atom stereocenters. The standard InChI is InChI=1S/C9H13BrN2O3S/c1-15-8-3-2-7(10)6-9(8)16(13,14)12-5-4-11/h2-3,6,12H,4-5,11H2,1H3. The summed E-state index contributed by atoms with van der Waals surface area (Å²) in [6, 6.07) is 4.78. The average Bonchev–Trinajstić information content (AvgIpc) is 2.26. The molecule has 90 valence electrons. The van der Waals surface area contributed by atoms with Crippen molar-refractivity contribution in [2.75, 3.05) is 20.2 Å². The lowest BCUT2D eigenvalue weighted by Crippen LogP contribution is -2.29. The van der Waals surface area contributed by atoms with Gasteiger partial charge in [0.05, 0.1) is 7.11 Å². The molecule has 0 amide bonds. The normalized spacial score (nSPS) is 11.4. The Balaban J connectivity index is 3.15. The van der Waals surface area contributed by atoms with Crippen molar-refractivity contribution in [3.05, 3.63) is 22.7 Å². The van der Waals surface area contributed by atoms with E-state index in [0.717, 1.165) is 0 Å². The van der Waals surface area contributed by atoms with E-state index in [1.165, 1.54) is 13.2 Å². The number of rotatable bonds is 5. The molecule has 0 radical (unpaired) electrons. The molecule has 0 heterocycles. The zero-order chi connectivity index (χ0) is 12.2. The smallest absolute Gasteiger partial charge is 0.244 e. The van der Waals surface area contributed by atoms with E-state index in [-0.39, 0.29) is 18.0 Å². The summed E-state index contributed by atoms with van der Waals surface area (Å²) in [5.41, 5.74) is 5.25. The maximum Gasteiger partial charge on any atom is 0.244 e. The minimum absolute atomic E-state index is 0.0952. The van der Waals surface area contributed by atoms with Crippen LogP contribution in [0.3, 0.4) is 0 Å². The zero-order valence-corrected chi connectivity index (χ0v) is 11.1. The number of halogens is 1. The Morgan fingerprint density at radius 1 is 1.50 bits per heavy atom. The van der Waals surface area contributed by atoms with Crippen LogP contribution in [-0.4, -0.2) is 28.6 Å². The van der Waals surface area contributed by atoms with E-state index >= 15 is 0 Å². The first kappa shape index (κ1) is 13.4. The highest BCUT2D eigenvalue weighted by atomic mass is 79.9. The zero-order valence-electron chi connectivity index (χ0n) is 8.73. The van der Waals surface area contributed by atoms with Gasteiger partial charge in [-0.15, -0.1) is 0 Å². The van der Waals surface area contributed by atoms with Gasteiger partial charge >= 0.3 is 0 Å². The van der Waals surface area contributed by atoms with Crippen molar-refractivity contribution in [2.24, 2.45) is 5.73 Å². The SMILES string of the molecule is COc1ccc(Br)cc1S(=O)(=O)NCCN. The third kappa shape index (κ3) is 3.18. The summed E-state index contributed by atoms with van der Waals surface area (Å²) in [4.78, 5) is 0.0952. The largest absolute Gasteiger partial charge is 0.495 e. The van der Waals surface area contributed by atoms with Crippen molar-refractivity contribution in [3.8, 4) is 5.75 Å². The van der Waals surface area contributed by atoms with Crippen molar-refractivity contribution in [3.63, 3.8) is 0 Å². The molecule has 3 N–H and O–H groups in total. The fourth-order valence-electron chi connectivity index (χ4n) is 1.13. The number of nitrogens with one attached hydrogen (secondary N) is 1. The van der Waals surface area contributed by atoms with E-state index in [9.17, 15) is 8.42 Å². The summed E-state index contributed by atoms with van der Waals surface area (Å²) >= 11 is 3.21. The van der Waals surface area contributed by atoms with Gasteiger partial charge in [-0.1, -0.05) is 15.9 Å². The molecule has 16 heavy (non-hydrogen) atoms. The van der Waals surface area contributed by atoms with Gasteiger partial charge in [0.25, 0.3) is 0 Å². The maximum absolute atomic E-state index is 11.9. The van der Waals surface area contributed by atoms with Gasteiger partial charge < -0.3 is 10.5 Å². The van der Waals surface area contributed by atoms with Gasteiger partial charge in [-0.3, -0.25) is 0 Å². The first-order valence-electron chi connectivity index (χ1n) is 4.54. The van der Waals surface area contributed by atoms with Gasteiger partial charge in [-0.05, 0) is 18.2 Å². The Kier molecular flexibility index (Phi) is 4.72. The van der Waals surface area contributed by atoms with E-state index in [4.69, 9.17) is 10.5 Å². The molecule has 1 rings (SSSR count). The number of hydrogen-bond donors (Lipinski definition) is 2. The highest BCUT2D eigenvalue weighted by Gasteiger charge is 2.18. The summed E-state index contributed by atoms with van der Waals surface area (Å²) in [7, 11) is -2.15. The van der Waals surface area contributed by atoms with Gasteiger partial charge in [0.15, 0.2) is 0 Å². The van der Waals surface area contributed by atoms with Crippen LogP contribution in [-0.2, 0) is 10.0 Å². The number of nitrogens with two attached hydrogens (primary N) is 1. The molecule has 0 bridgehead atoms. The van der Waals surface area contributed by atoms with Gasteiger partial charge in [0.2, 0.25) is 10.0 Å². The molecular weight excluding hydrogens is 296 g/mol. The molecule has 0 aliphatic rings. The number of hydrogen-bond acceptors (Lipinski definition) is 4. The van der Waals surface area contributed by atoms with Crippen LogP contribution in [0.25, 0.3) is 0 Å². The fourth-order valence-corrected chi connectivity index (χ4v) is 2.88. The summed E-state index contributed by atoms with van der Waals surface area (Å²) in [5.74, 6) is 0.299. The van der Waals surface area contributed by atoms with Crippen LogP contribution in [0.2, 0.25) is 0 Å². The third-order valence-corrected chi connectivity index (χ3v) is 3.83. The lowest BCUT2D eigenvalue weighted by atomic mass is 10.3. The summed E-state index contributed by atoms with van der Waals surface area (Å²) < 4.78 is 31.7. The lowest BCUT2D eigenvalue weighted by molar-refractivity contribution is 0.402. The maximum atomic E-state index is 11.9. The Bertz CT molecular complexity index is 462. The van der Waals surface area contributed by atoms with E-state index in [1.54, 1.807) is 12.1 Å². The van der Waals surface area contributed by atoms with Gasteiger partial charge in [-0.2, -0.15) is 0 Å². The van der Waals surface area contributed by atoms with Crippen LogP contribution in [0, 0.1) is 0 Å². The summed E-state index contributed by atoms with van der Waals surface area (Å²) in [6.07, 6.45) is 0. The number of sulfonamides is 1. The van der Waals surface area contributed by atoms with Crippen molar-refractivity contribution >= 4 is 26.0 Å². The van der Waals surface area contributed by atoms with Crippen LogP contribution in [0.5, 0.6) is 5.75 Å². The molecule has 0 fully saturated rings. The van der Waals surface area contributed by atoms with Gasteiger partial charge in [0, 0.05) is 17.6 Å². The van der Waals surface area contributed by atoms with Gasteiger partial charge in [-0.25, -0.2) is 13.1 Å². The van der Waals surface area contributed by atoms with Crippen LogP contribution in [0.15, 0.2) is 27.6 Å². The molecule has 0 saturated heterocycles.